The zero-order chi connectivity index (χ0) is 40.2. The van der Waals surface area contributed by atoms with Gasteiger partial charge in [-0.25, -0.2) is 9.59 Å². The third-order valence-corrected chi connectivity index (χ3v) is 9.28. The van der Waals surface area contributed by atoms with Gasteiger partial charge in [-0.05, 0) is 61.7 Å². The highest BCUT2D eigenvalue weighted by Crippen LogP contribution is 2.33. The van der Waals surface area contributed by atoms with E-state index in [9.17, 15) is 19.2 Å². The number of ether oxygens (including phenoxy) is 3. The van der Waals surface area contributed by atoms with E-state index in [2.05, 4.69) is 10.6 Å². The number of nitrogens with one attached hydrogen (secondary N) is 2. The van der Waals surface area contributed by atoms with E-state index in [1.807, 2.05) is 123 Å². The van der Waals surface area contributed by atoms with E-state index in [0.717, 1.165) is 16.7 Å². The number of alkyl carbamates (subject to hydrolysis) is 1. The lowest BCUT2D eigenvalue weighted by molar-refractivity contribution is -0.118. The van der Waals surface area contributed by atoms with Crippen LogP contribution >= 0.6 is 0 Å². The van der Waals surface area contributed by atoms with Crippen molar-refractivity contribution < 1.29 is 33.4 Å². The van der Waals surface area contributed by atoms with Crippen LogP contribution in [0.3, 0.4) is 0 Å². The van der Waals surface area contributed by atoms with Gasteiger partial charge in [0.25, 0.3) is 0 Å². The van der Waals surface area contributed by atoms with Crippen molar-refractivity contribution in [2.24, 2.45) is 0 Å². The maximum absolute atomic E-state index is 14.5. The molecule has 1 fully saturated rings. The monoisotopic (exact) mass is 768 g/mol. The number of nitrogens with zero attached hydrogens (tertiary/aromatic N) is 2. The number of rotatable bonds is 13. The zero-order valence-corrected chi connectivity index (χ0v) is 32.5. The molecule has 0 saturated carbocycles. The summed E-state index contributed by atoms with van der Waals surface area (Å²) in [5.41, 5.74) is 3.61. The number of hydrogen-bond acceptors (Lipinski definition) is 8. The first-order valence-electron chi connectivity index (χ1n) is 19.0. The molecule has 0 spiro atoms. The summed E-state index contributed by atoms with van der Waals surface area (Å²) in [6, 6.07) is 39.5. The van der Waals surface area contributed by atoms with Crippen molar-refractivity contribution in [2.75, 3.05) is 36.4 Å². The fourth-order valence-electron chi connectivity index (χ4n) is 6.35. The number of piperazine rings is 1. The van der Waals surface area contributed by atoms with E-state index in [0.29, 0.717) is 55.5 Å². The summed E-state index contributed by atoms with van der Waals surface area (Å²) in [5, 5.41) is 5.81. The topological polar surface area (TPSA) is 127 Å². The van der Waals surface area contributed by atoms with E-state index in [1.165, 1.54) is 0 Å². The molecule has 5 aromatic carbocycles. The highest BCUT2D eigenvalue weighted by molar-refractivity contribution is 6.16. The number of hydrogen-bond donors (Lipinski definition) is 2. The molecule has 1 atom stereocenters. The van der Waals surface area contributed by atoms with Gasteiger partial charge in [-0.1, -0.05) is 109 Å². The predicted molar refractivity (Wildman–Crippen MR) is 219 cm³/mol. The molecular weight excluding hydrogens is 721 g/mol. The lowest BCUT2D eigenvalue weighted by Gasteiger charge is -2.37. The number of amides is 3. The van der Waals surface area contributed by atoms with Crippen LogP contribution in [-0.4, -0.2) is 66.6 Å². The molecule has 1 saturated heterocycles. The van der Waals surface area contributed by atoms with Crippen LogP contribution in [0.2, 0.25) is 0 Å². The minimum absolute atomic E-state index is 0.0162. The maximum Gasteiger partial charge on any atom is 0.410 e. The SMILES string of the molecule is CC(C)(C)OC(=O)N1CCN(c2cccc(C(=O)c3ccccc3)c2NC(=O)[C@H](Cc2ccc(OCc3ccccc3)cc2)NC(=O)OCc2ccccc2)CC1. The number of ketones is 1. The van der Waals surface area contributed by atoms with E-state index < -0.39 is 29.7 Å². The van der Waals surface area contributed by atoms with E-state index in [-0.39, 0.29) is 24.4 Å². The van der Waals surface area contributed by atoms with Crippen LogP contribution in [0.15, 0.2) is 133 Å². The molecule has 1 aliphatic rings. The minimum Gasteiger partial charge on any atom is -0.489 e. The van der Waals surface area contributed by atoms with Crippen molar-refractivity contribution in [2.45, 2.75) is 52.0 Å². The van der Waals surface area contributed by atoms with Gasteiger partial charge >= 0.3 is 12.2 Å². The molecule has 0 aliphatic carbocycles. The molecule has 5 aromatic rings. The first kappa shape index (κ1) is 40.1. The lowest BCUT2D eigenvalue weighted by atomic mass is 9.99. The Labute approximate surface area is 333 Å². The van der Waals surface area contributed by atoms with Gasteiger partial charge in [-0.3, -0.25) is 9.59 Å². The summed E-state index contributed by atoms with van der Waals surface area (Å²) in [7, 11) is 0. The Bertz CT molecular complexity index is 2110. The molecule has 294 valence electrons. The van der Waals surface area contributed by atoms with Crippen LogP contribution < -0.4 is 20.3 Å². The lowest BCUT2D eigenvalue weighted by Crippen LogP contribution is -2.50. The number of anilines is 2. The fraction of sp³-hybridized carbons (Fsp3) is 0.261. The third kappa shape index (κ3) is 11.5. The smallest absolute Gasteiger partial charge is 0.410 e. The van der Waals surface area contributed by atoms with Gasteiger partial charge in [-0.15, -0.1) is 0 Å². The second-order valence-electron chi connectivity index (χ2n) is 14.7. The van der Waals surface area contributed by atoms with Crippen molar-refractivity contribution in [1.82, 2.24) is 10.2 Å². The quantitative estimate of drug-likeness (QED) is 0.115. The highest BCUT2D eigenvalue weighted by Gasteiger charge is 2.30. The van der Waals surface area contributed by atoms with Gasteiger partial charge in [0.2, 0.25) is 5.91 Å². The normalized spacial score (nSPS) is 13.2. The fourth-order valence-corrected chi connectivity index (χ4v) is 6.35. The van der Waals surface area contributed by atoms with Gasteiger partial charge in [0, 0.05) is 43.7 Å². The van der Waals surface area contributed by atoms with Gasteiger partial charge in [0.15, 0.2) is 5.78 Å². The Kier molecular flexibility index (Phi) is 13.2. The zero-order valence-electron chi connectivity index (χ0n) is 32.5. The molecule has 11 heteroatoms. The molecule has 0 unspecified atom stereocenters. The summed E-state index contributed by atoms with van der Waals surface area (Å²) in [5.74, 6) is -0.167. The van der Waals surface area contributed by atoms with Crippen molar-refractivity contribution >= 4 is 35.3 Å². The Hall–Kier alpha value is -6.62. The summed E-state index contributed by atoms with van der Waals surface area (Å²) >= 11 is 0. The van der Waals surface area contributed by atoms with Crippen LogP contribution in [0.25, 0.3) is 0 Å². The van der Waals surface area contributed by atoms with Crippen LogP contribution in [0.4, 0.5) is 21.0 Å². The van der Waals surface area contributed by atoms with Crippen molar-refractivity contribution in [3.05, 3.63) is 161 Å². The molecule has 0 bridgehead atoms. The maximum atomic E-state index is 14.5. The summed E-state index contributed by atoms with van der Waals surface area (Å²) < 4.78 is 17.1. The van der Waals surface area contributed by atoms with E-state index in [4.69, 9.17) is 14.2 Å². The van der Waals surface area contributed by atoms with Crippen LogP contribution in [0.5, 0.6) is 5.75 Å². The minimum atomic E-state index is -1.10. The Morgan fingerprint density at radius 3 is 1.88 bits per heavy atom. The van der Waals surface area contributed by atoms with Crippen LogP contribution in [0, 0.1) is 0 Å². The van der Waals surface area contributed by atoms with Crippen LogP contribution in [0.1, 0.15) is 53.4 Å². The summed E-state index contributed by atoms with van der Waals surface area (Å²) in [6.45, 7) is 7.51. The molecule has 6 rings (SSSR count). The predicted octanol–water partition coefficient (Wildman–Crippen LogP) is 8.03. The van der Waals surface area contributed by atoms with Crippen LogP contribution in [-0.2, 0) is 33.9 Å². The summed E-state index contributed by atoms with van der Waals surface area (Å²) in [6.07, 6.45) is -1.05. The third-order valence-electron chi connectivity index (χ3n) is 9.28. The Morgan fingerprint density at radius 2 is 1.26 bits per heavy atom. The van der Waals surface area contributed by atoms with E-state index in [1.54, 1.807) is 41.3 Å². The standard InChI is InChI=1S/C46H48N4O7/c1-46(2,3)57-45(54)50-28-26-49(27-29-50)40-21-13-20-38(42(51)36-18-11-6-12-19-36)41(40)48-43(52)39(47-44(53)56-32-35-16-9-5-10-17-35)30-33-22-24-37(25-23-33)55-31-34-14-7-4-8-15-34/h4-25,39H,26-32H2,1-3H3,(H,47,53)(H,48,52)/t39-/m0/s1. The Morgan fingerprint density at radius 1 is 0.667 bits per heavy atom. The van der Waals surface area contributed by atoms with Gasteiger partial charge in [0.1, 0.15) is 30.6 Å². The van der Waals surface area contributed by atoms with Gasteiger partial charge in [-0.2, -0.15) is 0 Å². The van der Waals surface area contributed by atoms with Crippen molar-refractivity contribution in [1.29, 1.82) is 0 Å². The molecule has 0 radical (unpaired) electrons. The number of benzene rings is 5. The molecule has 57 heavy (non-hydrogen) atoms. The van der Waals surface area contributed by atoms with Gasteiger partial charge in [0.05, 0.1) is 11.4 Å². The average Bonchev–Trinajstić information content (AvgIpc) is 3.22. The summed E-state index contributed by atoms with van der Waals surface area (Å²) in [4.78, 5) is 58.3. The molecule has 1 aliphatic heterocycles. The molecule has 2 N–H and O–H groups in total. The Balaban J connectivity index is 1.25. The van der Waals surface area contributed by atoms with E-state index >= 15 is 0 Å². The number of para-hydroxylation sites is 1. The molecule has 0 aromatic heterocycles. The molecule has 3 amide bonds. The second-order valence-corrected chi connectivity index (χ2v) is 14.7. The largest absolute Gasteiger partial charge is 0.489 e. The number of carbonyl (C=O) groups is 4. The van der Waals surface area contributed by atoms with Crippen molar-refractivity contribution in [3.8, 4) is 5.75 Å². The van der Waals surface area contributed by atoms with Crippen molar-refractivity contribution in [3.63, 3.8) is 0 Å². The first-order valence-corrected chi connectivity index (χ1v) is 19.0. The second kappa shape index (κ2) is 18.8. The number of carbonyl (C=O) groups excluding carboxylic acids is 4. The van der Waals surface area contributed by atoms with Gasteiger partial charge < -0.3 is 34.6 Å². The molecule has 1 heterocycles. The molecular formula is C46H48N4O7. The average molecular weight is 769 g/mol. The molecule has 11 nitrogen and oxygen atoms in total. The first-order chi connectivity index (χ1) is 27.5. The highest BCUT2D eigenvalue weighted by atomic mass is 16.6.